The van der Waals surface area contributed by atoms with E-state index in [1.54, 1.807) is 0 Å². The molecule has 2 heteroatoms. The lowest BCUT2D eigenvalue weighted by atomic mass is 9.46. The van der Waals surface area contributed by atoms with Gasteiger partial charge >= 0.3 is 0 Å². The molecular weight excluding hydrogens is 272 g/mol. The fraction of sp³-hybridized carbons (Fsp3) is 0.850. The van der Waals surface area contributed by atoms with Crippen LogP contribution >= 0.6 is 0 Å². The summed E-state index contributed by atoms with van der Waals surface area (Å²) in [5.41, 5.74) is 1.62. The molecule has 7 atom stereocenters. The number of aliphatic hydroxyl groups is 1. The second-order valence-corrected chi connectivity index (χ2v) is 8.85. The summed E-state index contributed by atoms with van der Waals surface area (Å²) >= 11 is 0. The molecule has 3 fully saturated rings. The average molecular weight is 302 g/mol. The van der Waals surface area contributed by atoms with E-state index in [2.05, 4.69) is 13.8 Å². The zero-order valence-electron chi connectivity index (χ0n) is 14.1. The summed E-state index contributed by atoms with van der Waals surface area (Å²) in [6, 6.07) is 0. The average Bonchev–Trinajstić information content (AvgIpc) is 2.48. The molecule has 4 aliphatic carbocycles. The van der Waals surface area contributed by atoms with Gasteiger partial charge in [-0.2, -0.15) is 0 Å². The Morgan fingerprint density at radius 2 is 2.05 bits per heavy atom. The van der Waals surface area contributed by atoms with Crippen molar-refractivity contribution in [1.29, 1.82) is 0 Å². The van der Waals surface area contributed by atoms with E-state index >= 15 is 0 Å². The summed E-state index contributed by atoms with van der Waals surface area (Å²) in [6.07, 6.45) is 10.8. The lowest BCUT2D eigenvalue weighted by Crippen LogP contribution is -2.55. The van der Waals surface area contributed by atoms with Crippen molar-refractivity contribution in [2.45, 2.75) is 71.3 Å². The lowest BCUT2D eigenvalue weighted by molar-refractivity contribution is -0.132. The van der Waals surface area contributed by atoms with Crippen LogP contribution in [0.4, 0.5) is 0 Å². The summed E-state index contributed by atoms with van der Waals surface area (Å²) < 4.78 is 0. The molecule has 0 amide bonds. The highest BCUT2D eigenvalue weighted by atomic mass is 16.3. The first kappa shape index (κ1) is 14.9. The van der Waals surface area contributed by atoms with Gasteiger partial charge in [-0.05, 0) is 79.6 Å². The van der Waals surface area contributed by atoms with Crippen molar-refractivity contribution in [1.82, 2.24) is 0 Å². The van der Waals surface area contributed by atoms with Crippen LogP contribution in [0.5, 0.6) is 0 Å². The zero-order chi connectivity index (χ0) is 15.5. The van der Waals surface area contributed by atoms with E-state index < -0.39 is 0 Å². The maximum absolute atomic E-state index is 11.8. The van der Waals surface area contributed by atoms with E-state index in [4.69, 9.17) is 0 Å². The van der Waals surface area contributed by atoms with Gasteiger partial charge in [0.25, 0.3) is 0 Å². The van der Waals surface area contributed by atoms with Crippen LogP contribution in [0.25, 0.3) is 0 Å². The van der Waals surface area contributed by atoms with Gasteiger partial charge in [-0.15, -0.1) is 0 Å². The van der Waals surface area contributed by atoms with E-state index in [1.807, 2.05) is 6.08 Å². The minimum atomic E-state index is -0.0933. The molecule has 4 aliphatic rings. The third kappa shape index (κ3) is 2.06. The van der Waals surface area contributed by atoms with Crippen LogP contribution in [0.2, 0.25) is 0 Å². The van der Waals surface area contributed by atoms with Crippen molar-refractivity contribution in [2.24, 2.45) is 35.0 Å². The number of aliphatic hydroxyl groups excluding tert-OH is 1. The lowest BCUT2D eigenvalue weighted by Gasteiger charge is -2.60. The Labute approximate surface area is 134 Å². The smallest absolute Gasteiger partial charge is 0.155 e. The fourth-order valence-electron chi connectivity index (χ4n) is 6.75. The Morgan fingerprint density at radius 3 is 2.86 bits per heavy atom. The summed E-state index contributed by atoms with van der Waals surface area (Å²) in [4.78, 5) is 11.8. The molecule has 0 heterocycles. The van der Waals surface area contributed by atoms with Crippen molar-refractivity contribution >= 4 is 5.78 Å². The topological polar surface area (TPSA) is 37.3 Å². The maximum atomic E-state index is 11.8. The van der Waals surface area contributed by atoms with Crippen molar-refractivity contribution in [3.63, 3.8) is 0 Å². The highest BCUT2D eigenvalue weighted by molar-refractivity contribution is 5.91. The quantitative estimate of drug-likeness (QED) is 0.730. The normalized spacial score (nSPS) is 51.4. The van der Waals surface area contributed by atoms with Crippen LogP contribution in [0, 0.1) is 35.0 Å². The number of hydrogen-bond donors (Lipinski definition) is 1. The fourth-order valence-corrected chi connectivity index (χ4v) is 6.75. The van der Waals surface area contributed by atoms with Gasteiger partial charge < -0.3 is 5.11 Å². The minimum absolute atomic E-state index is 0.0933. The summed E-state index contributed by atoms with van der Waals surface area (Å²) in [6.45, 7) is 4.76. The van der Waals surface area contributed by atoms with Gasteiger partial charge in [0, 0.05) is 6.42 Å². The molecule has 0 aromatic rings. The maximum Gasteiger partial charge on any atom is 0.155 e. The Morgan fingerprint density at radius 1 is 1.23 bits per heavy atom. The van der Waals surface area contributed by atoms with Gasteiger partial charge in [-0.1, -0.05) is 25.8 Å². The van der Waals surface area contributed by atoms with E-state index in [9.17, 15) is 9.90 Å². The first-order valence-electron chi connectivity index (χ1n) is 9.42. The largest absolute Gasteiger partial charge is 0.393 e. The van der Waals surface area contributed by atoms with Crippen molar-refractivity contribution in [3.8, 4) is 0 Å². The standard InChI is InChI=1S/C20H30O2/c1-12-10-13-11-14(21)6-7-15(13)16-8-9-20(2)17(19(12)16)4-3-5-18(20)22/h11-12,15-19,22H,3-10H2,1-2H3/t12-,15?,16?,17?,18?,19?,20?/m1/s1. The van der Waals surface area contributed by atoms with Crippen LogP contribution in [-0.4, -0.2) is 17.0 Å². The molecule has 0 bridgehead atoms. The number of allylic oxidation sites excluding steroid dienone is 2. The van der Waals surface area contributed by atoms with E-state index in [0.29, 0.717) is 23.5 Å². The molecule has 0 radical (unpaired) electrons. The van der Waals surface area contributed by atoms with Crippen LogP contribution in [0.3, 0.4) is 0 Å². The van der Waals surface area contributed by atoms with E-state index in [0.717, 1.165) is 37.5 Å². The summed E-state index contributed by atoms with van der Waals surface area (Å²) in [5, 5.41) is 10.7. The van der Waals surface area contributed by atoms with Crippen LogP contribution in [-0.2, 0) is 4.79 Å². The summed E-state index contributed by atoms with van der Waals surface area (Å²) in [5.74, 6) is 3.93. The molecular formula is C20H30O2. The van der Waals surface area contributed by atoms with Gasteiger partial charge in [0.2, 0.25) is 0 Å². The van der Waals surface area contributed by atoms with E-state index in [1.165, 1.54) is 31.3 Å². The van der Waals surface area contributed by atoms with Gasteiger partial charge in [0.1, 0.15) is 0 Å². The second kappa shape index (κ2) is 5.19. The van der Waals surface area contributed by atoms with Gasteiger partial charge in [0.15, 0.2) is 5.78 Å². The Hall–Kier alpha value is -0.630. The van der Waals surface area contributed by atoms with Crippen LogP contribution < -0.4 is 0 Å². The first-order chi connectivity index (χ1) is 10.5. The molecule has 0 aromatic heterocycles. The van der Waals surface area contributed by atoms with Gasteiger partial charge in [-0.3, -0.25) is 4.79 Å². The number of ketones is 1. The zero-order valence-corrected chi connectivity index (χ0v) is 14.1. The highest BCUT2D eigenvalue weighted by Gasteiger charge is 2.55. The first-order valence-corrected chi connectivity index (χ1v) is 9.42. The number of carbonyl (C=O) groups is 1. The SMILES string of the molecule is C[C@@H]1CC2=CC(=O)CCC2C2CCC3(C)C(O)CCCC3C21. The molecule has 122 valence electrons. The Bertz CT molecular complexity index is 508. The number of hydrogen-bond acceptors (Lipinski definition) is 2. The molecule has 6 unspecified atom stereocenters. The number of carbonyl (C=O) groups excluding carboxylic acids is 1. The van der Waals surface area contributed by atoms with Gasteiger partial charge in [0.05, 0.1) is 6.10 Å². The molecule has 0 aromatic carbocycles. The molecule has 0 aliphatic heterocycles. The molecule has 22 heavy (non-hydrogen) atoms. The third-order valence-electron chi connectivity index (χ3n) is 7.83. The molecule has 1 N–H and O–H groups in total. The highest BCUT2D eigenvalue weighted by Crippen LogP contribution is 2.61. The predicted molar refractivity (Wildman–Crippen MR) is 87.3 cm³/mol. The molecule has 0 spiro atoms. The monoisotopic (exact) mass is 302 g/mol. The predicted octanol–water partition coefficient (Wildman–Crippen LogP) is 4.13. The van der Waals surface area contributed by atoms with Crippen molar-refractivity contribution < 1.29 is 9.90 Å². The molecule has 3 saturated carbocycles. The van der Waals surface area contributed by atoms with Crippen LogP contribution in [0.15, 0.2) is 11.6 Å². The number of fused-ring (bicyclic) bond motifs is 5. The van der Waals surface area contributed by atoms with Crippen molar-refractivity contribution in [2.75, 3.05) is 0 Å². The van der Waals surface area contributed by atoms with Crippen molar-refractivity contribution in [3.05, 3.63) is 11.6 Å². The third-order valence-corrected chi connectivity index (χ3v) is 7.83. The molecule has 2 nitrogen and oxygen atoms in total. The second-order valence-electron chi connectivity index (χ2n) is 8.85. The van der Waals surface area contributed by atoms with Crippen LogP contribution in [0.1, 0.15) is 65.2 Å². The minimum Gasteiger partial charge on any atom is -0.393 e. The Balaban J connectivity index is 1.68. The molecule has 0 saturated heterocycles. The number of rotatable bonds is 0. The Kier molecular flexibility index (Phi) is 3.52. The van der Waals surface area contributed by atoms with Gasteiger partial charge in [-0.25, -0.2) is 0 Å². The molecule has 4 rings (SSSR count). The summed E-state index contributed by atoms with van der Waals surface area (Å²) in [7, 11) is 0. The van der Waals surface area contributed by atoms with E-state index in [-0.39, 0.29) is 11.5 Å².